The van der Waals surface area contributed by atoms with Crippen LogP contribution in [0.2, 0.25) is 0 Å². The van der Waals surface area contributed by atoms with Crippen LogP contribution in [0.15, 0.2) is 23.5 Å². The van der Waals surface area contributed by atoms with Crippen LogP contribution in [0, 0.1) is 13.8 Å². The highest BCUT2D eigenvalue weighted by molar-refractivity contribution is 7.09. The predicted molar refractivity (Wildman–Crippen MR) is 89.9 cm³/mol. The minimum atomic E-state index is -4.64. The first-order valence-electron chi connectivity index (χ1n) is 8.16. The van der Waals surface area contributed by atoms with Crippen LogP contribution in [0.25, 0.3) is 0 Å². The maximum atomic E-state index is 13.1. The third-order valence-corrected chi connectivity index (χ3v) is 5.45. The van der Waals surface area contributed by atoms with E-state index in [9.17, 15) is 18.0 Å². The van der Waals surface area contributed by atoms with Gasteiger partial charge in [-0.2, -0.15) is 18.2 Å². The molecule has 0 saturated carbocycles. The lowest BCUT2D eigenvalue weighted by Crippen LogP contribution is -2.25. The van der Waals surface area contributed by atoms with E-state index in [1.165, 1.54) is 11.3 Å². The Hall–Kier alpha value is -2.00. The first kappa shape index (κ1) is 18.8. The summed E-state index contributed by atoms with van der Waals surface area (Å²) in [6.45, 7) is 5.01. The van der Waals surface area contributed by atoms with Gasteiger partial charge in [-0.25, -0.2) is 0 Å². The second-order valence-corrected chi connectivity index (χ2v) is 7.29. The lowest BCUT2D eigenvalue weighted by Gasteiger charge is -2.12. The Bertz CT molecular complexity index is 880. The van der Waals surface area contributed by atoms with Gasteiger partial charge in [-0.05, 0) is 32.8 Å². The standard InChI is InChI=1S/C17H18F3N3O2S/c1-10-11(2)26-16(23(10)9-12-4-3-7-25-12)22-15(24)13-8-21-6-5-14(13)17(18,19)20/h5-6,8,12H,3-4,7,9H2,1-2H3/b22-16-. The van der Waals surface area contributed by atoms with Gasteiger partial charge in [0.15, 0.2) is 4.80 Å². The summed E-state index contributed by atoms with van der Waals surface area (Å²) in [6.07, 6.45) is -0.804. The van der Waals surface area contributed by atoms with Crippen LogP contribution < -0.4 is 4.80 Å². The molecular formula is C17H18F3N3O2S. The van der Waals surface area contributed by atoms with Gasteiger partial charge in [0.05, 0.1) is 23.8 Å². The molecule has 0 N–H and O–H groups in total. The van der Waals surface area contributed by atoms with Crippen LogP contribution in [0.4, 0.5) is 13.2 Å². The first-order chi connectivity index (χ1) is 12.3. The van der Waals surface area contributed by atoms with E-state index >= 15 is 0 Å². The second-order valence-electron chi connectivity index (χ2n) is 6.11. The van der Waals surface area contributed by atoms with Crippen LogP contribution in [-0.4, -0.2) is 28.2 Å². The zero-order valence-corrected chi connectivity index (χ0v) is 15.2. The summed E-state index contributed by atoms with van der Waals surface area (Å²) in [7, 11) is 0. The number of pyridine rings is 1. The van der Waals surface area contributed by atoms with E-state index in [2.05, 4.69) is 9.98 Å². The van der Waals surface area contributed by atoms with E-state index in [-0.39, 0.29) is 6.10 Å². The molecule has 0 radical (unpaired) electrons. The van der Waals surface area contributed by atoms with Gasteiger partial charge in [-0.3, -0.25) is 9.78 Å². The number of amides is 1. The summed E-state index contributed by atoms with van der Waals surface area (Å²) in [6, 6.07) is 0.786. The zero-order chi connectivity index (χ0) is 18.9. The van der Waals surface area contributed by atoms with E-state index in [4.69, 9.17) is 4.74 Å². The Kier molecular flexibility index (Phi) is 5.29. The van der Waals surface area contributed by atoms with E-state index in [0.717, 1.165) is 41.9 Å². The smallest absolute Gasteiger partial charge is 0.376 e. The number of hydrogen-bond donors (Lipinski definition) is 0. The molecule has 1 saturated heterocycles. The van der Waals surface area contributed by atoms with Gasteiger partial charge in [-0.15, -0.1) is 11.3 Å². The van der Waals surface area contributed by atoms with Crippen molar-refractivity contribution in [2.75, 3.05) is 6.61 Å². The molecule has 140 valence electrons. The van der Waals surface area contributed by atoms with Gasteiger partial charge in [0.1, 0.15) is 0 Å². The molecular weight excluding hydrogens is 367 g/mol. The number of aryl methyl sites for hydroxylation is 1. The second kappa shape index (κ2) is 7.32. The Balaban J connectivity index is 2.00. The number of carbonyl (C=O) groups is 1. The summed E-state index contributed by atoms with van der Waals surface area (Å²) in [5.74, 6) is -0.951. The average Bonchev–Trinajstić information content (AvgIpc) is 3.18. The molecule has 3 heterocycles. The largest absolute Gasteiger partial charge is 0.417 e. The summed E-state index contributed by atoms with van der Waals surface area (Å²) in [5.41, 5.74) is -0.649. The fourth-order valence-electron chi connectivity index (χ4n) is 2.85. The normalized spacial score (nSPS) is 18.5. The molecule has 0 bridgehead atoms. The Labute approximate surface area is 152 Å². The molecule has 3 rings (SSSR count). The van der Waals surface area contributed by atoms with Gasteiger partial charge in [0, 0.05) is 29.6 Å². The Morgan fingerprint density at radius 1 is 1.46 bits per heavy atom. The first-order valence-corrected chi connectivity index (χ1v) is 8.97. The molecule has 1 aliphatic rings. The topological polar surface area (TPSA) is 56.5 Å². The van der Waals surface area contributed by atoms with Gasteiger partial charge < -0.3 is 9.30 Å². The predicted octanol–water partition coefficient (Wildman–Crippen LogP) is 3.50. The molecule has 1 atom stereocenters. The summed E-state index contributed by atoms with van der Waals surface area (Å²) < 4.78 is 46.8. The van der Waals surface area contributed by atoms with Crippen LogP contribution in [-0.2, 0) is 17.5 Å². The average molecular weight is 385 g/mol. The monoisotopic (exact) mass is 385 g/mol. The Morgan fingerprint density at radius 3 is 2.88 bits per heavy atom. The number of aromatic nitrogens is 2. The van der Waals surface area contributed by atoms with E-state index < -0.39 is 23.2 Å². The molecule has 1 amide bonds. The molecule has 0 spiro atoms. The van der Waals surface area contributed by atoms with Crippen LogP contribution in [0.1, 0.15) is 39.3 Å². The zero-order valence-electron chi connectivity index (χ0n) is 14.3. The number of alkyl halides is 3. The highest BCUT2D eigenvalue weighted by Crippen LogP contribution is 2.31. The number of rotatable bonds is 3. The number of hydrogen-bond acceptors (Lipinski definition) is 4. The van der Waals surface area contributed by atoms with Crippen molar-refractivity contribution in [2.45, 2.75) is 45.5 Å². The molecule has 1 fully saturated rings. The van der Waals surface area contributed by atoms with Gasteiger partial charge in [0.2, 0.25) is 0 Å². The number of halogens is 3. The van der Waals surface area contributed by atoms with Crippen molar-refractivity contribution in [2.24, 2.45) is 4.99 Å². The molecule has 26 heavy (non-hydrogen) atoms. The minimum Gasteiger partial charge on any atom is -0.376 e. The molecule has 5 nitrogen and oxygen atoms in total. The summed E-state index contributed by atoms with van der Waals surface area (Å²) >= 11 is 1.28. The third kappa shape index (κ3) is 3.88. The van der Waals surface area contributed by atoms with E-state index in [1.807, 2.05) is 18.4 Å². The van der Waals surface area contributed by atoms with Gasteiger partial charge >= 0.3 is 6.18 Å². The quantitative estimate of drug-likeness (QED) is 0.813. The van der Waals surface area contributed by atoms with Crippen molar-refractivity contribution in [1.29, 1.82) is 0 Å². The Morgan fingerprint density at radius 2 is 2.23 bits per heavy atom. The van der Waals surface area contributed by atoms with Crippen LogP contribution in [0.3, 0.4) is 0 Å². The number of carbonyl (C=O) groups excluding carboxylic acids is 1. The van der Waals surface area contributed by atoms with E-state index in [0.29, 0.717) is 18.0 Å². The minimum absolute atomic E-state index is 0.0286. The number of ether oxygens (including phenoxy) is 1. The van der Waals surface area contributed by atoms with Crippen LogP contribution in [0.5, 0.6) is 0 Å². The van der Waals surface area contributed by atoms with Crippen molar-refractivity contribution in [3.63, 3.8) is 0 Å². The number of nitrogens with zero attached hydrogens (tertiary/aromatic N) is 3. The lowest BCUT2D eigenvalue weighted by atomic mass is 10.1. The van der Waals surface area contributed by atoms with Crippen molar-refractivity contribution in [1.82, 2.24) is 9.55 Å². The molecule has 0 aliphatic carbocycles. The van der Waals surface area contributed by atoms with Crippen molar-refractivity contribution < 1.29 is 22.7 Å². The van der Waals surface area contributed by atoms with Gasteiger partial charge in [0.25, 0.3) is 5.91 Å². The fourth-order valence-corrected chi connectivity index (χ4v) is 3.83. The SMILES string of the molecule is Cc1s/c(=N\C(=O)c2cnccc2C(F)(F)F)n(CC2CCCO2)c1C. The maximum absolute atomic E-state index is 13.1. The van der Waals surface area contributed by atoms with Crippen molar-refractivity contribution >= 4 is 17.2 Å². The highest BCUT2D eigenvalue weighted by Gasteiger charge is 2.35. The maximum Gasteiger partial charge on any atom is 0.417 e. The summed E-state index contributed by atoms with van der Waals surface area (Å²) in [5, 5.41) is 0. The molecule has 1 aliphatic heterocycles. The van der Waals surface area contributed by atoms with Crippen molar-refractivity contribution in [3.05, 3.63) is 45.0 Å². The fraction of sp³-hybridized carbons (Fsp3) is 0.471. The number of thiazole rings is 1. The highest BCUT2D eigenvalue weighted by atomic mass is 32.1. The lowest BCUT2D eigenvalue weighted by molar-refractivity contribution is -0.138. The third-order valence-electron chi connectivity index (χ3n) is 4.35. The van der Waals surface area contributed by atoms with Crippen molar-refractivity contribution in [3.8, 4) is 0 Å². The van der Waals surface area contributed by atoms with E-state index in [1.54, 1.807) is 0 Å². The molecule has 2 aromatic rings. The molecule has 9 heteroatoms. The van der Waals surface area contributed by atoms with Crippen LogP contribution >= 0.6 is 11.3 Å². The molecule has 2 aromatic heterocycles. The molecule has 1 unspecified atom stereocenters. The summed E-state index contributed by atoms with van der Waals surface area (Å²) in [4.78, 5) is 21.4. The van der Waals surface area contributed by atoms with Gasteiger partial charge in [-0.1, -0.05) is 0 Å². The molecule has 0 aromatic carbocycles.